The summed E-state index contributed by atoms with van der Waals surface area (Å²) < 4.78 is 2.41. The van der Waals surface area contributed by atoms with Crippen LogP contribution in [0.3, 0.4) is 0 Å². The summed E-state index contributed by atoms with van der Waals surface area (Å²) in [5.41, 5.74) is 0. The normalized spacial score (nSPS) is 21.3. The minimum Gasteiger partial charge on any atom is -0.347 e. The zero-order chi connectivity index (χ0) is 7.56. The first-order valence-corrected chi connectivity index (χ1v) is 6.92. The summed E-state index contributed by atoms with van der Waals surface area (Å²) in [5.74, 6) is 0. The molecule has 0 atom stereocenters. The molecule has 0 heterocycles. The fraction of sp³-hybridized carbons (Fsp3) is 1.00. The van der Waals surface area contributed by atoms with Crippen LogP contribution in [-0.2, 0) is 0 Å². The minimum absolute atomic E-state index is 0.248. The van der Waals surface area contributed by atoms with Gasteiger partial charge in [0.05, 0.1) is 0 Å². The zero-order valence-electron chi connectivity index (χ0n) is 6.85. The zero-order valence-corrected chi connectivity index (χ0v) is 8.85. The van der Waals surface area contributed by atoms with E-state index in [0.717, 1.165) is 6.04 Å². The number of hydrogen-bond donors (Lipinski definition) is 0. The van der Waals surface area contributed by atoms with Gasteiger partial charge in [-0.3, -0.25) is 0 Å². The van der Waals surface area contributed by atoms with Crippen LogP contribution in [0.1, 0.15) is 25.7 Å². The molecule has 0 amide bonds. The van der Waals surface area contributed by atoms with E-state index in [2.05, 4.69) is 27.7 Å². The number of hydrogen-bond acceptors (Lipinski definition) is 1. The number of nitrogens with zero attached hydrogens (tertiary/aromatic N) is 1. The molecular weight excluding hydrogens is 154 g/mol. The Labute approximate surface area is 69.0 Å². The summed E-state index contributed by atoms with van der Waals surface area (Å²) in [6, 6.07) is 0.848. The van der Waals surface area contributed by atoms with Crippen molar-refractivity contribution in [2.24, 2.45) is 0 Å². The van der Waals surface area contributed by atoms with E-state index >= 15 is 0 Å². The Bertz CT molecular complexity index is 99.8. The van der Waals surface area contributed by atoms with E-state index in [1.54, 1.807) is 0 Å². The fourth-order valence-corrected chi connectivity index (χ4v) is 2.77. The fourth-order valence-electron chi connectivity index (χ4n) is 1.53. The second-order valence-corrected chi connectivity index (χ2v) is 6.56. The third-order valence-corrected chi connectivity index (χ3v) is 5.21. The Morgan fingerprint density at radius 2 is 1.80 bits per heavy atom. The molecule has 1 aliphatic carbocycles. The van der Waals surface area contributed by atoms with Crippen molar-refractivity contribution >= 4 is 19.4 Å². The molecule has 1 saturated carbocycles. The highest BCUT2D eigenvalue weighted by Gasteiger charge is 2.21. The predicted octanol–water partition coefficient (Wildman–Crippen LogP) is 1.57. The molecule has 0 bridgehead atoms. The standard InChI is InChI=1S/C7H15NSi2/c1-10(2)8(9)7-5-3-4-6-7/h7H,3-6H2,1-2H3. The summed E-state index contributed by atoms with van der Waals surface area (Å²) in [6.07, 6.45) is 5.67. The third-order valence-electron chi connectivity index (χ3n) is 2.17. The van der Waals surface area contributed by atoms with Gasteiger partial charge in [0.2, 0.25) is 0 Å². The van der Waals surface area contributed by atoms with Crippen LogP contribution in [-0.4, -0.2) is 29.6 Å². The smallest absolute Gasteiger partial charge is 0.135 e. The van der Waals surface area contributed by atoms with Crippen LogP contribution in [0.2, 0.25) is 13.1 Å². The summed E-state index contributed by atoms with van der Waals surface area (Å²) in [5, 5.41) is 0. The number of rotatable bonds is 2. The Kier molecular flexibility index (Phi) is 3.13. The highest BCUT2D eigenvalue weighted by Crippen LogP contribution is 2.22. The van der Waals surface area contributed by atoms with Gasteiger partial charge in [0.25, 0.3) is 0 Å². The van der Waals surface area contributed by atoms with E-state index in [-0.39, 0.29) is 8.96 Å². The molecule has 3 heteroatoms. The van der Waals surface area contributed by atoms with Gasteiger partial charge in [-0.2, -0.15) is 0 Å². The largest absolute Gasteiger partial charge is 0.347 e. The van der Waals surface area contributed by atoms with Gasteiger partial charge in [-0.1, -0.05) is 25.9 Å². The van der Waals surface area contributed by atoms with Gasteiger partial charge in [-0.25, -0.2) is 0 Å². The molecule has 1 rings (SSSR count). The van der Waals surface area contributed by atoms with Crippen LogP contribution in [0.5, 0.6) is 0 Å². The van der Waals surface area contributed by atoms with Crippen LogP contribution in [0.25, 0.3) is 0 Å². The first kappa shape index (κ1) is 8.49. The maximum Gasteiger partial charge on any atom is 0.135 e. The van der Waals surface area contributed by atoms with Crippen LogP contribution in [0, 0.1) is 0 Å². The molecule has 4 radical (unpaired) electrons. The Morgan fingerprint density at radius 1 is 1.30 bits per heavy atom. The Hall–Kier alpha value is 0.394. The molecule has 0 unspecified atom stereocenters. The topological polar surface area (TPSA) is 3.24 Å². The molecule has 0 aliphatic heterocycles. The van der Waals surface area contributed by atoms with Gasteiger partial charge in [0, 0.05) is 0 Å². The SMILES string of the molecule is C[Si](C)N([Si])C1CCCC1. The maximum absolute atomic E-state index is 3.70. The highest BCUT2D eigenvalue weighted by molar-refractivity contribution is 6.58. The van der Waals surface area contributed by atoms with Crippen molar-refractivity contribution in [1.29, 1.82) is 0 Å². The maximum atomic E-state index is 3.70. The van der Waals surface area contributed by atoms with E-state index in [9.17, 15) is 0 Å². The van der Waals surface area contributed by atoms with Crippen molar-refractivity contribution in [3.63, 3.8) is 0 Å². The van der Waals surface area contributed by atoms with Gasteiger partial charge < -0.3 is 4.23 Å². The first-order valence-electron chi connectivity index (χ1n) is 4.02. The van der Waals surface area contributed by atoms with Crippen LogP contribution >= 0.6 is 0 Å². The minimum atomic E-state index is -0.248. The van der Waals surface area contributed by atoms with Crippen LogP contribution in [0.15, 0.2) is 0 Å². The van der Waals surface area contributed by atoms with Crippen molar-refractivity contribution in [2.75, 3.05) is 0 Å². The molecule has 0 saturated heterocycles. The lowest BCUT2D eigenvalue weighted by Crippen LogP contribution is -2.39. The van der Waals surface area contributed by atoms with E-state index < -0.39 is 0 Å². The van der Waals surface area contributed by atoms with Crippen LogP contribution < -0.4 is 0 Å². The summed E-state index contributed by atoms with van der Waals surface area (Å²) in [6.45, 7) is 4.66. The summed E-state index contributed by atoms with van der Waals surface area (Å²) in [7, 11) is 3.45. The van der Waals surface area contributed by atoms with E-state index in [1.165, 1.54) is 25.7 Å². The molecule has 10 heavy (non-hydrogen) atoms. The van der Waals surface area contributed by atoms with Crippen molar-refractivity contribution < 1.29 is 0 Å². The second kappa shape index (κ2) is 3.69. The van der Waals surface area contributed by atoms with Crippen molar-refractivity contribution in [3.05, 3.63) is 0 Å². The van der Waals surface area contributed by atoms with E-state index in [1.807, 2.05) is 0 Å². The highest BCUT2D eigenvalue weighted by atomic mass is 28.3. The van der Waals surface area contributed by atoms with E-state index in [4.69, 9.17) is 0 Å². The van der Waals surface area contributed by atoms with Crippen LogP contribution in [0.4, 0.5) is 0 Å². The van der Waals surface area contributed by atoms with Crippen molar-refractivity contribution in [3.8, 4) is 0 Å². The molecule has 1 nitrogen and oxygen atoms in total. The molecule has 0 aromatic carbocycles. The average molecular weight is 169 g/mol. The second-order valence-electron chi connectivity index (χ2n) is 3.26. The van der Waals surface area contributed by atoms with Gasteiger partial charge >= 0.3 is 0 Å². The van der Waals surface area contributed by atoms with E-state index in [0.29, 0.717) is 0 Å². The van der Waals surface area contributed by atoms with Gasteiger partial charge in [-0.05, 0) is 18.9 Å². The van der Waals surface area contributed by atoms with Gasteiger partial charge in [-0.15, -0.1) is 0 Å². The quantitative estimate of drug-likeness (QED) is 0.567. The molecule has 56 valence electrons. The monoisotopic (exact) mass is 169 g/mol. The molecule has 0 aromatic rings. The van der Waals surface area contributed by atoms with Crippen molar-refractivity contribution in [2.45, 2.75) is 44.8 Å². The summed E-state index contributed by atoms with van der Waals surface area (Å²) in [4.78, 5) is 0. The molecule has 0 spiro atoms. The molecule has 1 aliphatic rings. The van der Waals surface area contributed by atoms with Gasteiger partial charge in [0.15, 0.2) is 0 Å². The van der Waals surface area contributed by atoms with Gasteiger partial charge in [0.1, 0.15) is 19.4 Å². The molecule has 0 aromatic heterocycles. The lowest BCUT2D eigenvalue weighted by atomic mass is 10.3. The average Bonchev–Trinajstić information content (AvgIpc) is 2.36. The first-order chi connectivity index (χ1) is 4.72. The third kappa shape index (κ3) is 1.94. The Morgan fingerprint density at radius 3 is 2.20 bits per heavy atom. The Balaban J connectivity index is 2.32. The predicted molar refractivity (Wildman–Crippen MR) is 47.3 cm³/mol. The molecule has 0 N–H and O–H groups in total. The van der Waals surface area contributed by atoms with Crippen molar-refractivity contribution in [1.82, 2.24) is 4.23 Å². The molecule has 1 fully saturated rings. The molecular formula is C7H15NSi2. The summed E-state index contributed by atoms with van der Waals surface area (Å²) >= 11 is 0. The lowest BCUT2D eigenvalue weighted by molar-refractivity contribution is 0.483. The lowest BCUT2D eigenvalue weighted by Gasteiger charge is -2.26.